The molecule has 1 aromatic carbocycles. The summed E-state index contributed by atoms with van der Waals surface area (Å²) in [5.41, 5.74) is -0.548. The normalized spacial score (nSPS) is 11.5. The van der Waals surface area contributed by atoms with Crippen LogP contribution in [0.3, 0.4) is 0 Å². The molecular weight excluding hydrogens is 214 g/mol. The van der Waals surface area contributed by atoms with Gasteiger partial charge in [0, 0.05) is 6.54 Å². The van der Waals surface area contributed by atoms with Gasteiger partial charge >= 0.3 is 0 Å². The lowest BCUT2D eigenvalue weighted by Gasteiger charge is -2.27. The molecule has 0 aliphatic carbocycles. The molecule has 3 nitrogen and oxygen atoms in total. The molecule has 0 aliphatic rings. The Morgan fingerprint density at radius 2 is 2.07 bits per heavy atom. The third-order valence-corrected chi connectivity index (χ3v) is 2.18. The van der Waals surface area contributed by atoms with Crippen LogP contribution in [0.1, 0.15) is 13.8 Å². The number of ether oxygens (including phenoxy) is 1. The van der Waals surface area contributed by atoms with Crippen molar-refractivity contribution in [2.45, 2.75) is 19.6 Å². The fourth-order valence-electron chi connectivity index (χ4n) is 1.20. The summed E-state index contributed by atoms with van der Waals surface area (Å²) in [6.45, 7) is 4.32. The van der Waals surface area contributed by atoms with Gasteiger partial charge < -0.3 is 9.84 Å². The van der Waals surface area contributed by atoms with Gasteiger partial charge in [-0.05, 0) is 26.0 Å². The number of nitrogens with one attached hydrogen (secondary N) is 1. The SMILES string of the molecule is CC(C)(NCCO)Oc1ccccc1Cl. The van der Waals surface area contributed by atoms with E-state index < -0.39 is 5.72 Å². The minimum atomic E-state index is -0.548. The molecule has 2 N–H and O–H groups in total. The van der Waals surface area contributed by atoms with E-state index in [9.17, 15) is 0 Å². The van der Waals surface area contributed by atoms with Gasteiger partial charge in [0.2, 0.25) is 0 Å². The molecule has 0 radical (unpaired) electrons. The van der Waals surface area contributed by atoms with E-state index in [-0.39, 0.29) is 6.61 Å². The van der Waals surface area contributed by atoms with Crippen LogP contribution in [0.2, 0.25) is 5.02 Å². The first-order chi connectivity index (χ1) is 7.05. The Kier molecular flexibility index (Phi) is 4.39. The van der Waals surface area contributed by atoms with Crippen molar-refractivity contribution in [1.29, 1.82) is 0 Å². The third-order valence-electron chi connectivity index (χ3n) is 1.86. The lowest BCUT2D eigenvalue weighted by molar-refractivity contribution is 0.0658. The van der Waals surface area contributed by atoms with Crippen LogP contribution in [0, 0.1) is 0 Å². The number of benzene rings is 1. The van der Waals surface area contributed by atoms with E-state index in [1.165, 1.54) is 0 Å². The minimum Gasteiger partial charge on any atom is -0.472 e. The van der Waals surface area contributed by atoms with Crippen molar-refractivity contribution < 1.29 is 9.84 Å². The second-order valence-corrected chi connectivity index (χ2v) is 4.10. The maximum Gasteiger partial charge on any atom is 0.155 e. The van der Waals surface area contributed by atoms with Crippen molar-refractivity contribution in [3.63, 3.8) is 0 Å². The molecule has 1 aromatic rings. The Balaban J connectivity index is 2.64. The highest BCUT2D eigenvalue weighted by Crippen LogP contribution is 2.26. The number of aliphatic hydroxyl groups is 1. The first kappa shape index (κ1) is 12.3. The smallest absolute Gasteiger partial charge is 0.155 e. The number of halogens is 1. The van der Waals surface area contributed by atoms with Crippen molar-refractivity contribution >= 4 is 11.6 Å². The topological polar surface area (TPSA) is 41.5 Å². The number of hydrogen-bond acceptors (Lipinski definition) is 3. The molecule has 1 rings (SSSR count). The number of aliphatic hydroxyl groups excluding tert-OH is 1. The average Bonchev–Trinajstić information content (AvgIpc) is 2.18. The summed E-state index contributed by atoms with van der Waals surface area (Å²) in [6, 6.07) is 7.30. The molecule has 0 unspecified atom stereocenters. The van der Waals surface area contributed by atoms with E-state index in [2.05, 4.69) is 5.32 Å². The first-order valence-corrected chi connectivity index (χ1v) is 5.22. The second-order valence-electron chi connectivity index (χ2n) is 3.69. The van der Waals surface area contributed by atoms with Crippen LogP contribution in [-0.2, 0) is 0 Å². The van der Waals surface area contributed by atoms with Crippen molar-refractivity contribution in [2.75, 3.05) is 13.2 Å². The zero-order chi connectivity index (χ0) is 11.3. The van der Waals surface area contributed by atoms with E-state index in [1.54, 1.807) is 6.07 Å². The fourth-order valence-corrected chi connectivity index (χ4v) is 1.37. The largest absolute Gasteiger partial charge is 0.472 e. The van der Waals surface area contributed by atoms with Crippen LogP contribution >= 0.6 is 11.6 Å². The maximum absolute atomic E-state index is 8.71. The van der Waals surface area contributed by atoms with Crippen molar-refractivity contribution in [3.05, 3.63) is 29.3 Å². The summed E-state index contributed by atoms with van der Waals surface area (Å²) in [5.74, 6) is 0.634. The predicted octanol–water partition coefficient (Wildman–Crippen LogP) is 2.04. The molecule has 84 valence electrons. The van der Waals surface area contributed by atoms with Crippen molar-refractivity contribution in [3.8, 4) is 5.75 Å². The summed E-state index contributed by atoms with van der Waals surface area (Å²) in [6.07, 6.45) is 0. The monoisotopic (exact) mass is 229 g/mol. The van der Waals surface area contributed by atoms with Crippen LogP contribution in [0.4, 0.5) is 0 Å². The van der Waals surface area contributed by atoms with Crippen LogP contribution < -0.4 is 10.1 Å². The molecule has 0 spiro atoms. The summed E-state index contributed by atoms with van der Waals surface area (Å²) >= 11 is 5.96. The van der Waals surface area contributed by atoms with Crippen LogP contribution in [0.15, 0.2) is 24.3 Å². The number of rotatable bonds is 5. The molecule has 0 saturated heterocycles. The van der Waals surface area contributed by atoms with E-state index >= 15 is 0 Å². The van der Waals surface area contributed by atoms with E-state index in [0.717, 1.165) is 0 Å². The quantitative estimate of drug-likeness (QED) is 0.760. The number of para-hydroxylation sites is 1. The highest BCUT2D eigenvalue weighted by atomic mass is 35.5. The van der Waals surface area contributed by atoms with Crippen molar-refractivity contribution in [2.24, 2.45) is 0 Å². The van der Waals surface area contributed by atoms with Crippen LogP contribution in [-0.4, -0.2) is 24.0 Å². The second kappa shape index (κ2) is 5.35. The van der Waals surface area contributed by atoms with Crippen LogP contribution in [0.5, 0.6) is 5.75 Å². The summed E-state index contributed by atoms with van der Waals surface area (Å²) in [4.78, 5) is 0. The highest BCUT2D eigenvalue weighted by molar-refractivity contribution is 6.32. The first-order valence-electron chi connectivity index (χ1n) is 4.84. The average molecular weight is 230 g/mol. The molecule has 0 amide bonds. The molecule has 4 heteroatoms. The summed E-state index contributed by atoms with van der Waals surface area (Å²) in [5, 5.41) is 12.3. The maximum atomic E-state index is 8.71. The van der Waals surface area contributed by atoms with Gasteiger partial charge in [0.15, 0.2) is 5.72 Å². The Bertz CT molecular complexity index is 315. The lowest BCUT2D eigenvalue weighted by Crippen LogP contribution is -2.46. The van der Waals surface area contributed by atoms with Gasteiger partial charge in [0.1, 0.15) is 5.75 Å². The van der Waals surface area contributed by atoms with Gasteiger partial charge in [0.05, 0.1) is 11.6 Å². The summed E-state index contributed by atoms with van der Waals surface area (Å²) in [7, 11) is 0. The van der Waals surface area contributed by atoms with E-state index in [4.69, 9.17) is 21.4 Å². The standard InChI is InChI=1S/C11H16ClNO2/c1-11(2,13-7-8-14)15-10-6-4-3-5-9(10)12/h3-6,13-14H,7-8H2,1-2H3. The van der Waals surface area contributed by atoms with Gasteiger partial charge in [0.25, 0.3) is 0 Å². The zero-order valence-corrected chi connectivity index (χ0v) is 9.71. The van der Waals surface area contributed by atoms with Gasteiger partial charge in [-0.15, -0.1) is 0 Å². The Hall–Kier alpha value is -0.770. The predicted molar refractivity (Wildman–Crippen MR) is 61.2 cm³/mol. The highest BCUT2D eigenvalue weighted by Gasteiger charge is 2.19. The zero-order valence-electron chi connectivity index (χ0n) is 8.96. The molecule has 0 bridgehead atoms. The molecular formula is C11H16ClNO2. The third kappa shape index (κ3) is 4.08. The molecule has 0 heterocycles. The molecule has 0 atom stereocenters. The lowest BCUT2D eigenvalue weighted by atomic mass is 10.3. The van der Waals surface area contributed by atoms with Gasteiger partial charge in [-0.2, -0.15) is 0 Å². The van der Waals surface area contributed by atoms with Gasteiger partial charge in [-0.1, -0.05) is 23.7 Å². The molecule has 15 heavy (non-hydrogen) atoms. The minimum absolute atomic E-state index is 0.0787. The molecule has 0 fully saturated rings. The van der Waals surface area contributed by atoms with E-state index in [0.29, 0.717) is 17.3 Å². The number of hydrogen-bond donors (Lipinski definition) is 2. The molecule has 0 saturated carbocycles. The van der Waals surface area contributed by atoms with Gasteiger partial charge in [-0.25, -0.2) is 0 Å². The summed E-state index contributed by atoms with van der Waals surface area (Å²) < 4.78 is 5.68. The Morgan fingerprint density at radius 3 is 2.67 bits per heavy atom. The molecule has 0 aliphatic heterocycles. The molecule has 0 aromatic heterocycles. The fraction of sp³-hybridized carbons (Fsp3) is 0.455. The van der Waals surface area contributed by atoms with E-state index in [1.807, 2.05) is 32.0 Å². The van der Waals surface area contributed by atoms with Gasteiger partial charge in [-0.3, -0.25) is 5.32 Å². The van der Waals surface area contributed by atoms with Crippen molar-refractivity contribution in [1.82, 2.24) is 5.32 Å². The Labute approximate surface area is 95.0 Å². The van der Waals surface area contributed by atoms with Crippen LogP contribution in [0.25, 0.3) is 0 Å². The Morgan fingerprint density at radius 1 is 1.40 bits per heavy atom.